The summed E-state index contributed by atoms with van der Waals surface area (Å²) in [5.41, 5.74) is 1.03. The Morgan fingerprint density at radius 3 is 2.39 bits per heavy atom. The normalized spacial score (nSPS) is 14.8. The van der Waals surface area contributed by atoms with Crippen LogP contribution in [0.1, 0.15) is 30.6 Å². The van der Waals surface area contributed by atoms with E-state index in [4.69, 9.17) is 21.1 Å². The molecule has 0 aliphatic carbocycles. The molecule has 1 aliphatic rings. The number of ether oxygens (including phenoxy) is 2. The number of amides is 1. The van der Waals surface area contributed by atoms with Crippen molar-refractivity contribution in [1.82, 2.24) is 4.31 Å². The molecule has 0 aromatic heterocycles. The van der Waals surface area contributed by atoms with E-state index in [1.165, 1.54) is 22.5 Å². The van der Waals surface area contributed by atoms with Gasteiger partial charge in [0.25, 0.3) is 0 Å². The lowest BCUT2D eigenvalue weighted by Crippen LogP contribution is -2.40. The predicted octanol–water partition coefficient (Wildman–Crippen LogP) is 3.61. The Balaban J connectivity index is 1.59. The summed E-state index contributed by atoms with van der Waals surface area (Å²) in [4.78, 5) is 24.4. The largest absolute Gasteiger partial charge is 0.484 e. The summed E-state index contributed by atoms with van der Waals surface area (Å²) >= 11 is 6.22. The lowest BCUT2D eigenvalue weighted by Gasteiger charge is -2.26. The van der Waals surface area contributed by atoms with Crippen LogP contribution in [0.4, 0.5) is 5.69 Å². The molecular formula is C23H27ClN2O6S. The van der Waals surface area contributed by atoms with Crippen molar-refractivity contribution in [3.8, 4) is 5.75 Å². The second kappa shape index (κ2) is 11.1. The van der Waals surface area contributed by atoms with Gasteiger partial charge in [-0.3, -0.25) is 9.59 Å². The minimum absolute atomic E-state index is 0.0585. The van der Waals surface area contributed by atoms with E-state index in [2.05, 4.69) is 5.32 Å². The minimum Gasteiger partial charge on any atom is -0.484 e. The summed E-state index contributed by atoms with van der Waals surface area (Å²) in [6.07, 6.45) is 0.418. The molecule has 1 heterocycles. The molecule has 3 rings (SSSR count). The molecule has 2 aromatic carbocycles. The van der Waals surface area contributed by atoms with Gasteiger partial charge in [0.1, 0.15) is 5.75 Å². The number of anilines is 1. The van der Waals surface area contributed by atoms with E-state index in [1.54, 1.807) is 24.3 Å². The molecule has 10 heteroatoms. The first kappa shape index (κ1) is 25.2. The van der Waals surface area contributed by atoms with Crippen LogP contribution in [0.3, 0.4) is 0 Å². The number of hydrogen-bond donors (Lipinski definition) is 1. The van der Waals surface area contributed by atoms with Crippen LogP contribution in [0.2, 0.25) is 5.02 Å². The van der Waals surface area contributed by atoms with Crippen molar-refractivity contribution >= 4 is 39.0 Å². The highest BCUT2D eigenvalue weighted by Crippen LogP contribution is 2.29. The molecule has 0 bridgehead atoms. The zero-order chi connectivity index (χ0) is 24.0. The number of halogens is 1. The highest BCUT2D eigenvalue weighted by molar-refractivity contribution is 7.89. The zero-order valence-electron chi connectivity index (χ0n) is 18.5. The van der Waals surface area contributed by atoms with Crippen molar-refractivity contribution < 1.29 is 27.5 Å². The van der Waals surface area contributed by atoms with Gasteiger partial charge < -0.3 is 14.8 Å². The summed E-state index contributed by atoms with van der Waals surface area (Å²) in [5.74, 6) is 0.101. The second-order valence-corrected chi connectivity index (χ2v) is 10.4. The molecule has 1 saturated heterocycles. The summed E-state index contributed by atoms with van der Waals surface area (Å²) in [6.45, 7) is 4.92. The number of nitrogens with zero attached hydrogens (tertiary/aromatic N) is 1. The highest BCUT2D eigenvalue weighted by atomic mass is 35.5. The Morgan fingerprint density at radius 2 is 1.79 bits per heavy atom. The van der Waals surface area contributed by atoms with Gasteiger partial charge in [-0.05, 0) is 48.4 Å². The molecule has 2 aromatic rings. The molecule has 1 aliphatic heterocycles. The molecule has 1 fully saturated rings. The number of carbonyl (C=O) groups is 2. The fourth-order valence-corrected chi connectivity index (χ4v) is 4.98. The first-order valence-electron chi connectivity index (χ1n) is 10.6. The summed E-state index contributed by atoms with van der Waals surface area (Å²) in [5, 5.41) is 2.88. The maximum atomic E-state index is 12.7. The monoisotopic (exact) mass is 494 g/mol. The maximum absolute atomic E-state index is 12.7. The predicted molar refractivity (Wildman–Crippen MR) is 125 cm³/mol. The number of morpholine rings is 1. The zero-order valence-corrected chi connectivity index (χ0v) is 20.1. The average Bonchev–Trinajstić information content (AvgIpc) is 2.78. The van der Waals surface area contributed by atoms with Crippen molar-refractivity contribution in [3.05, 3.63) is 53.1 Å². The van der Waals surface area contributed by atoms with Crippen molar-refractivity contribution in [2.45, 2.75) is 25.2 Å². The molecule has 1 amide bonds. The lowest BCUT2D eigenvalue weighted by molar-refractivity contribution is -0.116. The van der Waals surface area contributed by atoms with E-state index in [0.717, 1.165) is 0 Å². The third kappa shape index (κ3) is 6.77. The second-order valence-electron chi connectivity index (χ2n) is 8.04. The topological polar surface area (TPSA) is 102 Å². The average molecular weight is 495 g/mol. The molecule has 0 atom stereocenters. The third-order valence-corrected chi connectivity index (χ3v) is 7.14. The Labute approximate surface area is 198 Å². The smallest absolute Gasteiger partial charge is 0.243 e. The quantitative estimate of drug-likeness (QED) is 0.534. The first-order chi connectivity index (χ1) is 15.7. The van der Waals surface area contributed by atoms with Crippen molar-refractivity contribution in [3.63, 3.8) is 0 Å². The van der Waals surface area contributed by atoms with Gasteiger partial charge in [-0.1, -0.05) is 25.4 Å². The number of benzene rings is 2. The van der Waals surface area contributed by atoms with Gasteiger partial charge >= 0.3 is 0 Å². The first-order valence-corrected chi connectivity index (χ1v) is 12.4. The van der Waals surface area contributed by atoms with Crippen LogP contribution in [-0.4, -0.2) is 57.3 Å². The Morgan fingerprint density at radius 1 is 1.12 bits per heavy atom. The van der Waals surface area contributed by atoms with Crippen LogP contribution in [0, 0.1) is 5.92 Å². The van der Waals surface area contributed by atoms with E-state index in [0.29, 0.717) is 30.9 Å². The Bertz CT molecular complexity index is 1100. The molecule has 33 heavy (non-hydrogen) atoms. The van der Waals surface area contributed by atoms with Crippen LogP contribution < -0.4 is 10.1 Å². The lowest BCUT2D eigenvalue weighted by atomic mass is 10.1. The minimum atomic E-state index is -3.68. The van der Waals surface area contributed by atoms with Gasteiger partial charge in [0.15, 0.2) is 12.4 Å². The van der Waals surface area contributed by atoms with Gasteiger partial charge in [-0.25, -0.2) is 8.42 Å². The van der Waals surface area contributed by atoms with Crippen LogP contribution in [0.25, 0.3) is 0 Å². The standard InChI is InChI=1S/C23H27ClN2O6S/c1-16(2)13-23(28)25-18-5-3-17(4-6-18)21(27)15-32-22-8-7-19(14-20(22)24)33(29,30)26-9-11-31-12-10-26/h3-8,14,16H,9-13,15H2,1-2H3,(H,25,28). The molecule has 8 nitrogen and oxygen atoms in total. The van der Waals surface area contributed by atoms with Gasteiger partial charge in [-0.2, -0.15) is 4.31 Å². The van der Waals surface area contributed by atoms with E-state index in [-0.39, 0.29) is 53.0 Å². The van der Waals surface area contributed by atoms with Crippen molar-refractivity contribution in [2.24, 2.45) is 5.92 Å². The van der Waals surface area contributed by atoms with Gasteiger partial charge in [0.05, 0.1) is 23.1 Å². The van der Waals surface area contributed by atoms with E-state index < -0.39 is 10.0 Å². The summed E-state index contributed by atoms with van der Waals surface area (Å²) in [6, 6.07) is 10.7. The fourth-order valence-electron chi connectivity index (χ4n) is 3.24. The van der Waals surface area contributed by atoms with Crippen LogP contribution >= 0.6 is 11.6 Å². The number of carbonyl (C=O) groups excluding carboxylic acids is 2. The van der Waals surface area contributed by atoms with E-state index in [9.17, 15) is 18.0 Å². The SMILES string of the molecule is CC(C)CC(=O)Nc1ccc(C(=O)COc2ccc(S(=O)(=O)N3CCOCC3)cc2Cl)cc1. The van der Waals surface area contributed by atoms with Crippen LogP contribution in [0.15, 0.2) is 47.4 Å². The van der Waals surface area contributed by atoms with Gasteiger partial charge in [-0.15, -0.1) is 0 Å². The van der Waals surface area contributed by atoms with Gasteiger partial charge in [0.2, 0.25) is 15.9 Å². The van der Waals surface area contributed by atoms with Crippen molar-refractivity contribution in [2.75, 3.05) is 38.2 Å². The Hall–Kier alpha value is -2.46. The number of ketones is 1. The molecule has 0 unspecified atom stereocenters. The van der Waals surface area contributed by atoms with Crippen molar-refractivity contribution in [1.29, 1.82) is 0 Å². The Kier molecular flexibility index (Phi) is 8.47. The van der Waals surface area contributed by atoms with E-state index in [1.807, 2.05) is 13.8 Å². The molecule has 0 spiro atoms. The molecule has 1 N–H and O–H groups in total. The highest BCUT2D eigenvalue weighted by Gasteiger charge is 2.27. The van der Waals surface area contributed by atoms with Gasteiger partial charge in [0, 0.05) is 30.8 Å². The molecule has 178 valence electrons. The number of rotatable bonds is 9. The molecular weight excluding hydrogens is 468 g/mol. The fraction of sp³-hybridized carbons (Fsp3) is 0.391. The molecule has 0 saturated carbocycles. The number of Topliss-reactive ketones (excluding diaryl/α,β-unsaturated/α-hetero) is 1. The maximum Gasteiger partial charge on any atom is 0.243 e. The number of hydrogen-bond acceptors (Lipinski definition) is 6. The molecule has 0 radical (unpaired) electrons. The number of nitrogens with one attached hydrogen (secondary N) is 1. The summed E-state index contributed by atoms with van der Waals surface area (Å²) in [7, 11) is -3.68. The summed E-state index contributed by atoms with van der Waals surface area (Å²) < 4.78 is 37.6. The third-order valence-electron chi connectivity index (χ3n) is 4.95. The number of sulfonamides is 1. The van der Waals surface area contributed by atoms with Crippen LogP contribution in [0.5, 0.6) is 5.75 Å². The van der Waals surface area contributed by atoms with E-state index >= 15 is 0 Å². The van der Waals surface area contributed by atoms with Crippen LogP contribution in [-0.2, 0) is 19.6 Å².